The number of likely N-dealkylation sites (tertiary alicyclic amines) is 1. The van der Waals surface area contributed by atoms with Gasteiger partial charge in [0.1, 0.15) is 17.0 Å². The molecule has 4 aliphatic rings. The standard InChI is InChI=1S/C31H41FN2O4.C10H12ClN.CH4/c1-21-8-9-22-10-12-24(33-28(22)18-21)6-2-4-16-37-25-14-15-34(20-25)30(31(35)36)27-19-23(32)11-13-26(27)29-7-3-5-17-38-29;1-7-2-3-8-4-5-10(11)12-9(8)6-7;/h10-13,19,21,25,29-30H,2-9,14-18,20H2,1H3,(H,35,36);4-5,7H,2-3,6H2,1H3;1H4/t21?,25-,29+,30?;;/m1../s1. The van der Waals surface area contributed by atoms with Gasteiger partial charge in [0, 0.05) is 43.4 Å². The number of rotatable bonds is 10. The highest BCUT2D eigenvalue weighted by Crippen LogP contribution is 2.37. The van der Waals surface area contributed by atoms with Crippen LogP contribution in [0.15, 0.2) is 42.5 Å². The summed E-state index contributed by atoms with van der Waals surface area (Å²) in [6, 6.07) is 12.0. The molecule has 1 aromatic carbocycles. The molecule has 278 valence electrons. The molecule has 1 N–H and O–H groups in total. The highest BCUT2D eigenvalue weighted by molar-refractivity contribution is 6.29. The number of halogens is 2. The molecule has 2 saturated heterocycles. The first kappa shape index (κ1) is 39.3. The second kappa shape index (κ2) is 18.7. The number of benzene rings is 1. The molecule has 2 aliphatic heterocycles. The number of aryl methyl sites for hydroxylation is 3. The Morgan fingerprint density at radius 1 is 0.980 bits per heavy atom. The molecule has 2 aromatic heterocycles. The van der Waals surface area contributed by atoms with E-state index < -0.39 is 17.8 Å². The molecule has 7 rings (SSSR count). The van der Waals surface area contributed by atoms with Crippen molar-refractivity contribution < 1.29 is 23.8 Å². The fourth-order valence-electron chi connectivity index (χ4n) is 8.03. The molecule has 0 saturated carbocycles. The minimum atomic E-state index is -0.958. The fourth-order valence-corrected chi connectivity index (χ4v) is 8.19. The summed E-state index contributed by atoms with van der Waals surface area (Å²) in [5, 5.41) is 10.8. The summed E-state index contributed by atoms with van der Waals surface area (Å²) >= 11 is 5.81. The zero-order valence-corrected chi connectivity index (χ0v) is 30.5. The van der Waals surface area contributed by atoms with Crippen molar-refractivity contribution in [3.8, 4) is 0 Å². The summed E-state index contributed by atoms with van der Waals surface area (Å²) in [6.07, 6.45) is 13.4. The van der Waals surface area contributed by atoms with Crippen LogP contribution in [0.5, 0.6) is 0 Å². The Kier molecular flexibility index (Phi) is 14.4. The van der Waals surface area contributed by atoms with E-state index in [9.17, 15) is 14.3 Å². The number of carbonyl (C=O) groups is 1. The highest BCUT2D eigenvalue weighted by Gasteiger charge is 2.37. The summed E-state index contributed by atoms with van der Waals surface area (Å²) in [5.41, 5.74) is 7.77. The van der Waals surface area contributed by atoms with E-state index in [2.05, 4.69) is 37.0 Å². The van der Waals surface area contributed by atoms with Gasteiger partial charge in [-0.1, -0.05) is 51.1 Å². The summed E-state index contributed by atoms with van der Waals surface area (Å²) in [4.78, 5) is 23.6. The number of ether oxygens (including phenoxy) is 2. The molecule has 51 heavy (non-hydrogen) atoms. The zero-order valence-electron chi connectivity index (χ0n) is 29.7. The number of fused-ring (bicyclic) bond motifs is 2. The fraction of sp³-hybridized carbons (Fsp3) is 0.595. The molecule has 0 radical (unpaired) electrons. The number of aromatic nitrogens is 2. The lowest BCUT2D eigenvalue weighted by Crippen LogP contribution is -2.34. The van der Waals surface area contributed by atoms with Gasteiger partial charge in [-0.15, -0.1) is 0 Å². The monoisotopic (exact) mass is 721 g/mol. The molecule has 9 heteroatoms. The SMILES string of the molecule is C.CC1CCc2ccc(CCCCO[C@@H]3CCN(C(C(=O)O)c4cc(F)ccc4[C@@H]4CCCCO4)C3)nc2C1.CC1CCc2ccc(Cl)nc2C1. The Morgan fingerprint density at radius 2 is 1.71 bits per heavy atom. The topological polar surface area (TPSA) is 84.8 Å². The van der Waals surface area contributed by atoms with Gasteiger partial charge in [0.15, 0.2) is 0 Å². The number of carboxylic acids is 1. The van der Waals surface area contributed by atoms with Gasteiger partial charge in [0.25, 0.3) is 0 Å². The summed E-state index contributed by atoms with van der Waals surface area (Å²) in [6.45, 7) is 7.02. The Hall–Kier alpha value is -2.91. The van der Waals surface area contributed by atoms with E-state index in [1.807, 2.05) is 11.0 Å². The van der Waals surface area contributed by atoms with Crippen LogP contribution in [-0.4, -0.2) is 58.4 Å². The van der Waals surface area contributed by atoms with E-state index in [0.29, 0.717) is 37.0 Å². The van der Waals surface area contributed by atoms with Crippen LogP contribution in [0.25, 0.3) is 0 Å². The smallest absolute Gasteiger partial charge is 0.325 e. The highest BCUT2D eigenvalue weighted by atomic mass is 35.5. The predicted molar refractivity (Wildman–Crippen MR) is 201 cm³/mol. The quantitative estimate of drug-likeness (QED) is 0.165. The number of nitrogens with zero attached hydrogens (tertiary/aromatic N) is 3. The first-order valence-electron chi connectivity index (χ1n) is 18.8. The number of aliphatic carboxylic acids is 1. The van der Waals surface area contributed by atoms with E-state index in [1.54, 1.807) is 6.07 Å². The largest absolute Gasteiger partial charge is 0.480 e. The molecule has 7 nitrogen and oxygen atoms in total. The number of hydrogen-bond acceptors (Lipinski definition) is 6. The van der Waals surface area contributed by atoms with E-state index in [1.165, 1.54) is 59.6 Å². The lowest BCUT2D eigenvalue weighted by atomic mass is 9.88. The van der Waals surface area contributed by atoms with Crippen molar-refractivity contribution >= 4 is 17.6 Å². The molecule has 0 bridgehead atoms. The average Bonchev–Trinajstić information content (AvgIpc) is 3.56. The minimum Gasteiger partial charge on any atom is -0.480 e. The molecule has 2 fully saturated rings. The van der Waals surface area contributed by atoms with Gasteiger partial charge in [0.2, 0.25) is 0 Å². The molecule has 4 heterocycles. The molecule has 3 unspecified atom stereocenters. The van der Waals surface area contributed by atoms with Crippen LogP contribution >= 0.6 is 11.6 Å². The van der Waals surface area contributed by atoms with Gasteiger partial charge in [0.05, 0.1) is 12.2 Å². The molecule has 0 spiro atoms. The van der Waals surface area contributed by atoms with Gasteiger partial charge >= 0.3 is 5.97 Å². The number of pyridine rings is 2. The summed E-state index contributed by atoms with van der Waals surface area (Å²) < 4.78 is 26.4. The van der Waals surface area contributed by atoms with Crippen molar-refractivity contribution in [2.75, 3.05) is 26.3 Å². The van der Waals surface area contributed by atoms with Crippen molar-refractivity contribution in [3.05, 3.63) is 92.8 Å². The Bertz CT molecular complexity index is 1600. The van der Waals surface area contributed by atoms with E-state index in [0.717, 1.165) is 81.6 Å². The van der Waals surface area contributed by atoms with Crippen molar-refractivity contribution in [1.29, 1.82) is 0 Å². The average molecular weight is 722 g/mol. The maximum Gasteiger partial charge on any atom is 0.325 e. The van der Waals surface area contributed by atoms with E-state index >= 15 is 0 Å². The third-order valence-corrected chi connectivity index (χ3v) is 11.1. The maximum absolute atomic E-state index is 14.3. The summed E-state index contributed by atoms with van der Waals surface area (Å²) in [7, 11) is 0. The van der Waals surface area contributed by atoms with Crippen molar-refractivity contribution in [1.82, 2.24) is 14.9 Å². The molecular formula is C42H57ClFN3O4. The van der Waals surface area contributed by atoms with Gasteiger partial charge in [-0.05, 0) is 142 Å². The molecular weight excluding hydrogens is 665 g/mol. The lowest BCUT2D eigenvalue weighted by molar-refractivity contribution is -0.143. The normalized spacial score (nSPS) is 23.6. The molecule has 2 aliphatic carbocycles. The van der Waals surface area contributed by atoms with Crippen LogP contribution in [0.1, 0.15) is 124 Å². The van der Waals surface area contributed by atoms with Crippen LogP contribution < -0.4 is 0 Å². The number of unbranched alkanes of at least 4 members (excludes halogenated alkanes) is 1. The first-order chi connectivity index (χ1) is 24.2. The van der Waals surface area contributed by atoms with Crippen molar-refractivity contribution in [2.45, 2.75) is 123 Å². The number of hydrogen-bond donors (Lipinski definition) is 1. The first-order valence-corrected chi connectivity index (χ1v) is 19.2. The zero-order chi connectivity index (χ0) is 35.0. The van der Waals surface area contributed by atoms with Crippen molar-refractivity contribution in [2.24, 2.45) is 11.8 Å². The Labute approximate surface area is 309 Å². The van der Waals surface area contributed by atoms with Crippen LogP contribution in [0.3, 0.4) is 0 Å². The minimum absolute atomic E-state index is 0. The van der Waals surface area contributed by atoms with Gasteiger partial charge in [-0.3, -0.25) is 14.7 Å². The maximum atomic E-state index is 14.3. The Morgan fingerprint density at radius 3 is 2.41 bits per heavy atom. The third kappa shape index (κ3) is 10.6. The van der Waals surface area contributed by atoms with E-state index in [-0.39, 0.29) is 19.6 Å². The van der Waals surface area contributed by atoms with Crippen molar-refractivity contribution in [3.63, 3.8) is 0 Å². The van der Waals surface area contributed by atoms with Gasteiger partial charge < -0.3 is 14.6 Å². The Balaban J connectivity index is 0.000000327. The van der Waals surface area contributed by atoms with Crippen LogP contribution in [0.4, 0.5) is 4.39 Å². The van der Waals surface area contributed by atoms with E-state index in [4.69, 9.17) is 26.1 Å². The second-order valence-corrected chi connectivity index (χ2v) is 15.3. The third-order valence-electron chi connectivity index (χ3n) is 10.9. The van der Waals surface area contributed by atoms with Gasteiger partial charge in [-0.2, -0.15) is 0 Å². The summed E-state index contributed by atoms with van der Waals surface area (Å²) in [5.74, 6) is 0.114. The molecule has 5 atom stereocenters. The molecule has 3 aromatic rings. The van der Waals surface area contributed by atoms with Gasteiger partial charge in [-0.25, -0.2) is 9.37 Å². The van der Waals surface area contributed by atoms with Crippen LogP contribution in [0.2, 0.25) is 5.15 Å². The predicted octanol–water partition coefficient (Wildman–Crippen LogP) is 9.32. The van der Waals surface area contributed by atoms with Crippen LogP contribution in [0, 0.1) is 17.7 Å². The molecule has 0 amide bonds. The second-order valence-electron chi connectivity index (χ2n) is 14.9. The number of carboxylic acid groups (broad SMARTS) is 1. The lowest BCUT2D eigenvalue weighted by Gasteiger charge is -2.30. The van der Waals surface area contributed by atoms with Crippen LogP contribution in [-0.2, 0) is 46.4 Å².